The van der Waals surface area contributed by atoms with Gasteiger partial charge in [0.05, 0.1) is 38.4 Å². The van der Waals surface area contributed by atoms with Gasteiger partial charge >= 0.3 is 5.97 Å². The molecule has 1 aliphatic heterocycles. The third-order valence-corrected chi connectivity index (χ3v) is 7.52. The molecule has 0 saturated heterocycles. The summed E-state index contributed by atoms with van der Waals surface area (Å²) < 4.78 is 47.2. The molecule has 0 radical (unpaired) electrons. The molecular formula is C27H37NO7S2. The van der Waals surface area contributed by atoms with Crippen LogP contribution in [-0.4, -0.2) is 57.9 Å². The van der Waals surface area contributed by atoms with Crippen molar-refractivity contribution in [1.82, 2.24) is 4.57 Å². The van der Waals surface area contributed by atoms with Gasteiger partial charge in [-0.15, -0.1) is 11.8 Å². The highest BCUT2D eigenvalue weighted by molar-refractivity contribution is 8.07. The Labute approximate surface area is 224 Å². The first-order valence-electron chi connectivity index (χ1n) is 12.4. The molecule has 0 bridgehead atoms. The number of benzene rings is 1. The average Bonchev–Trinajstić information content (AvgIpc) is 3.16. The summed E-state index contributed by atoms with van der Waals surface area (Å²) >= 11 is 1.60. The van der Waals surface area contributed by atoms with Crippen LogP contribution >= 0.6 is 11.8 Å². The number of aryl methyl sites for hydroxylation is 1. The molecule has 1 aromatic carbocycles. The Kier molecular flexibility index (Phi) is 9.77. The van der Waals surface area contributed by atoms with E-state index in [9.17, 15) is 13.2 Å². The zero-order valence-electron chi connectivity index (χ0n) is 22.7. The molecule has 1 aromatic heterocycles. The van der Waals surface area contributed by atoms with E-state index >= 15 is 0 Å². The van der Waals surface area contributed by atoms with Crippen LogP contribution in [0.5, 0.6) is 11.5 Å². The van der Waals surface area contributed by atoms with Gasteiger partial charge in [-0.2, -0.15) is 8.42 Å². The van der Waals surface area contributed by atoms with Crippen LogP contribution in [0, 0.1) is 0 Å². The van der Waals surface area contributed by atoms with E-state index in [1.165, 1.54) is 0 Å². The minimum absolute atomic E-state index is 0.0334. The number of esters is 1. The smallest absolute Gasteiger partial charge is 0.355 e. The van der Waals surface area contributed by atoms with Crippen LogP contribution in [-0.2, 0) is 38.4 Å². The molecule has 0 amide bonds. The van der Waals surface area contributed by atoms with Gasteiger partial charge in [0.25, 0.3) is 10.1 Å². The Morgan fingerprint density at radius 2 is 1.97 bits per heavy atom. The molecule has 0 spiro atoms. The normalized spacial score (nSPS) is 13.4. The molecule has 10 heteroatoms. The summed E-state index contributed by atoms with van der Waals surface area (Å²) in [6.45, 7) is 8.58. The quantitative estimate of drug-likeness (QED) is 0.199. The van der Waals surface area contributed by atoms with Crippen molar-refractivity contribution in [2.45, 2.75) is 59.6 Å². The lowest BCUT2D eigenvalue weighted by molar-refractivity contribution is 0.0512. The molecule has 0 atom stereocenters. The summed E-state index contributed by atoms with van der Waals surface area (Å²) in [7, 11) is -1.92. The van der Waals surface area contributed by atoms with Crippen LogP contribution in [0.1, 0.15) is 61.3 Å². The zero-order chi connectivity index (χ0) is 27.3. The highest BCUT2D eigenvalue weighted by Gasteiger charge is 2.33. The van der Waals surface area contributed by atoms with Crippen molar-refractivity contribution in [1.29, 1.82) is 0 Å². The molecule has 37 heavy (non-hydrogen) atoms. The fraction of sp³-hybridized carbons (Fsp3) is 0.519. The van der Waals surface area contributed by atoms with Gasteiger partial charge in [-0.3, -0.25) is 4.18 Å². The molecule has 0 N–H and O–H groups in total. The predicted molar refractivity (Wildman–Crippen MR) is 148 cm³/mol. The fourth-order valence-corrected chi connectivity index (χ4v) is 5.79. The molecule has 204 valence electrons. The number of nitrogens with zero attached hydrogens (tertiary/aromatic N) is 1. The minimum atomic E-state index is -3.55. The molecule has 2 heterocycles. The maximum atomic E-state index is 13.3. The molecule has 8 nitrogen and oxygen atoms in total. The van der Waals surface area contributed by atoms with Crippen LogP contribution < -0.4 is 9.47 Å². The van der Waals surface area contributed by atoms with Crippen LogP contribution in [0.15, 0.2) is 18.2 Å². The van der Waals surface area contributed by atoms with Gasteiger partial charge in [0.1, 0.15) is 5.69 Å². The summed E-state index contributed by atoms with van der Waals surface area (Å²) in [4.78, 5) is 14.3. The molecule has 2 aromatic rings. The number of methoxy groups -OCH3 is 1. The van der Waals surface area contributed by atoms with Gasteiger partial charge in [0.2, 0.25) is 0 Å². The number of aromatic nitrogens is 1. The van der Waals surface area contributed by atoms with Crippen LogP contribution in [0.2, 0.25) is 0 Å². The number of allylic oxidation sites excluding steroid dienone is 1. The first-order valence-corrected chi connectivity index (χ1v) is 15.5. The second-order valence-electron chi connectivity index (χ2n) is 8.99. The van der Waals surface area contributed by atoms with Crippen molar-refractivity contribution in [3.63, 3.8) is 0 Å². The Morgan fingerprint density at radius 1 is 1.24 bits per heavy atom. The number of hydrogen-bond acceptors (Lipinski definition) is 8. The maximum absolute atomic E-state index is 13.3. The highest BCUT2D eigenvalue weighted by atomic mass is 32.2. The minimum Gasteiger partial charge on any atom is -0.493 e. The number of carbonyl (C=O) groups excluding carboxylic acids is 1. The van der Waals surface area contributed by atoms with Gasteiger partial charge in [0, 0.05) is 22.6 Å². The SMILES string of the molecule is CC=C(SC)c1c(CCCOS(C)(=O)=O)c(C(=O)OCC)n2c1-c1cc(OC(C)C)c(OC)cc1CC2. The van der Waals surface area contributed by atoms with Crippen molar-refractivity contribution in [2.75, 3.05) is 32.8 Å². The summed E-state index contributed by atoms with van der Waals surface area (Å²) in [6.07, 6.45) is 6.63. The van der Waals surface area contributed by atoms with Gasteiger partial charge in [-0.05, 0) is 76.5 Å². The molecule has 3 rings (SSSR count). The fourth-order valence-electron chi connectivity index (χ4n) is 4.71. The van der Waals surface area contributed by atoms with Crippen molar-refractivity contribution in [3.8, 4) is 22.8 Å². The van der Waals surface area contributed by atoms with Crippen LogP contribution in [0.4, 0.5) is 0 Å². The topological polar surface area (TPSA) is 93.1 Å². The third kappa shape index (κ3) is 6.53. The van der Waals surface area contributed by atoms with Gasteiger partial charge < -0.3 is 18.8 Å². The summed E-state index contributed by atoms with van der Waals surface area (Å²) in [5, 5.41) is 0. The number of rotatable bonds is 12. The Bertz CT molecular complexity index is 1280. The lowest BCUT2D eigenvalue weighted by Gasteiger charge is -2.25. The number of carbonyl (C=O) groups is 1. The van der Waals surface area contributed by atoms with Crippen LogP contribution in [0.25, 0.3) is 16.2 Å². The second kappa shape index (κ2) is 12.4. The van der Waals surface area contributed by atoms with E-state index < -0.39 is 10.1 Å². The van der Waals surface area contributed by atoms with E-state index in [1.54, 1.807) is 25.8 Å². The van der Waals surface area contributed by atoms with E-state index in [0.29, 0.717) is 43.0 Å². The lowest BCUT2D eigenvalue weighted by Crippen LogP contribution is -2.19. The first kappa shape index (κ1) is 29.1. The van der Waals surface area contributed by atoms with Gasteiger partial charge in [-0.25, -0.2) is 4.79 Å². The van der Waals surface area contributed by atoms with E-state index in [1.807, 2.05) is 49.8 Å². The number of hydrogen-bond donors (Lipinski definition) is 0. The number of fused-ring (bicyclic) bond motifs is 3. The van der Waals surface area contributed by atoms with E-state index in [-0.39, 0.29) is 25.3 Å². The largest absolute Gasteiger partial charge is 0.493 e. The monoisotopic (exact) mass is 551 g/mol. The average molecular weight is 552 g/mol. The summed E-state index contributed by atoms with van der Waals surface area (Å²) in [6, 6.07) is 4.02. The second-order valence-corrected chi connectivity index (χ2v) is 11.5. The summed E-state index contributed by atoms with van der Waals surface area (Å²) in [5.74, 6) is 0.930. The van der Waals surface area contributed by atoms with E-state index in [2.05, 4.69) is 0 Å². The van der Waals surface area contributed by atoms with Crippen LogP contribution in [0.3, 0.4) is 0 Å². The number of ether oxygens (including phenoxy) is 3. The Hall–Kier alpha value is -2.43. The van der Waals surface area contributed by atoms with E-state index in [0.717, 1.165) is 39.1 Å². The number of thioether (sulfide) groups is 1. The standard InChI is InChI=1S/C27H37NO7S2/c1-8-23(36-6)24-19(11-10-14-34-37(7,30)31)26(27(29)33-9-2)28-13-12-18-15-21(32-5)22(35-17(3)4)16-20(18)25(24)28/h8,15-17H,9-14H2,1-7H3. The van der Waals surface area contributed by atoms with E-state index in [4.69, 9.17) is 18.4 Å². The lowest BCUT2D eigenvalue weighted by atomic mass is 9.93. The molecule has 1 aliphatic rings. The molecule has 0 saturated carbocycles. The first-order chi connectivity index (χ1) is 17.6. The molecule has 0 aliphatic carbocycles. The highest BCUT2D eigenvalue weighted by Crippen LogP contribution is 2.47. The predicted octanol–water partition coefficient (Wildman–Crippen LogP) is 5.32. The van der Waals surface area contributed by atoms with Crippen molar-refractivity contribution in [2.24, 2.45) is 0 Å². The van der Waals surface area contributed by atoms with Gasteiger partial charge in [0.15, 0.2) is 11.5 Å². The van der Waals surface area contributed by atoms with Crippen molar-refractivity contribution < 1.29 is 31.6 Å². The summed E-state index contributed by atoms with van der Waals surface area (Å²) in [5.41, 5.74) is 5.32. The molecule has 0 fully saturated rings. The van der Waals surface area contributed by atoms with Gasteiger partial charge in [-0.1, -0.05) is 6.08 Å². The Morgan fingerprint density at radius 3 is 2.54 bits per heavy atom. The van der Waals surface area contributed by atoms with Crippen molar-refractivity contribution >= 4 is 32.8 Å². The Balaban J connectivity index is 2.28. The zero-order valence-corrected chi connectivity index (χ0v) is 24.3. The molecule has 0 unspecified atom stereocenters. The van der Waals surface area contributed by atoms with Crippen molar-refractivity contribution in [3.05, 3.63) is 40.6 Å². The maximum Gasteiger partial charge on any atom is 0.355 e. The molecular weight excluding hydrogens is 514 g/mol. The third-order valence-electron chi connectivity index (χ3n) is 6.04.